The van der Waals surface area contributed by atoms with Crippen molar-refractivity contribution in [2.24, 2.45) is 0 Å². The van der Waals surface area contributed by atoms with Gasteiger partial charge in [0.25, 0.3) is 0 Å². The maximum Gasteiger partial charge on any atom is 0.220 e. The molecule has 0 fully saturated rings. The van der Waals surface area contributed by atoms with Gasteiger partial charge in [0.05, 0.1) is 22.4 Å². The van der Waals surface area contributed by atoms with Crippen molar-refractivity contribution < 1.29 is 0 Å². The van der Waals surface area contributed by atoms with Crippen molar-refractivity contribution in [3.63, 3.8) is 0 Å². The van der Waals surface area contributed by atoms with Crippen LogP contribution in [0.5, 0.6) is 0 Å². The SMILES string of the molecule is c1ccc(-c2cc(-c3ccccc3)c3nc(-c4ccc(N5c6ccccc6-c6ccccc6-n6c5nc5ccccc56)cc4)nn3c2)cc1. The van der Waals surface area contributed by atoms with E-state index in [1.807, 2.05) is 22.7 Å². The molecule has 0 saturated carbocycles. The minimum Gasteiger partial charge on any atom is -0.280 e. The molecule has 230 valence electrons. The molecule has 4 heterocycles. The molecule has 49 heavy (non-hydrogen) atoms. The van der Waals surface area contributed by atoms with Crippen molar-refractivity contribution in [2.45, 2.75) is 0 Å². The van der Waals surface area contributed by atoms with Crippen molar-refractivity contribution in [3.8, 4) is 50.5 Å². The Labute approximate surface area is 282 Å². The van der Waals surface area contributed by atoms with Crippen LogP contribution in [0.2, 0.25) is 0 Å². The molecule has 3 aromatic heterocycles. The molecule has 0 atom stereocenters. The molecule has 9 aromatic rings. The van der Waals surface area contributed by atoms with Crippen LogP contribution in [0.1, 0.15) is 0 Å². The fraction of sp³-hybridized carbons (Fsp3) is 0. The zero-order valence-corrected chi connectivity index (χ0v) is 26.3. The molecule has 0 bridgehead atoms. The minimum atomic E-state index is 0.671. The number of hydrogen-bond donors (Lipinski definition) is 0. The number of pyridine rings is 1. The summed E-state index contributed by atoms with van der Waals surface area (Å²) in [6.45, 7) is 0. The first-order chi connectivity index (χ1) is 24.3. The molecule has 6 aromatic carbocycles. The molecule has 0 aliphatic carbocycles. The highest BCUT2D eigenvalue weighted by molar-refractivity contribution is 5.96. The summed E-state index contributed by atoms with van der Waals surface area (Å²) in [5.41, 5.74) is 13.6. The largest absolute Gasteiger partial charge is 0.280 e. The highest BCUT2D eigenvalue weighted by Crippen LogP contribution is 2.47. The van der Waals surface area contributed by atoms with E-state index < -0.39 is 0 Å². The number of anilines is 3. The molecule has 1 aliphatic heterocycles. The zero-order valence-electron chi connectivity index (χ0n) is 26.3. The summed E-state index contributed by atoms with van der Waals surface area (Å²) in [5.74, 6) is 1.52. The predicted octanol–water partition coefficient (Wildman–Crippen LogP) is 10.5. The Hall–Kier alpha value is -6.79. The third-order valence-electron chi connectivity index (χ3n) is 9.33. The molecule has 10 rings (SSSR count). The summed E-state index contributed by atoms with van der Waals surface area (Å²) in [7, 11) is 0. The molecule has 0 radical (unpaired) electrons. The third-order valence-corrected chi connectivity index (χ3v) is 9.33. The van der Waals surface area contributed by atoms with E-state index in [1.165, 1.54) is 5.56 Å². The third kappa shape index (κ3) is 4.38. The lowest BCUT2D eigenvalue weighted by Gasteiger charge is -2.24. The number of fused-ring (bicyclic) bond motifs is 8. The van der Waals surface area contributed by atoms with Gasteiger partial charge in [0.15, 0.2) is 11.5 Å². The van der Waals surface area contributed by atoms with Crippen LogP contribution >= 0.6 is 0 Å². The first kappa shape index (κ1) is 27.3. The number of imidazole rings is 1. The molecular weight excluding hydrogens is 601 g/mol. The van der Waals surface area contributed by atoms with Gasteiger partial charge in [-0.05, 0) is 65.7 Å². The van der Waals surface area contributed by atoms with Gasteiger partial charge >= 0.3 is 0 Å². The van der Waals surface area contributed by atoms with Gasteiger partial charge < -0.3 is 0 Å². The second kappa shape index (κ2) is 10.9. The van der Waals surface area contributed by atoms with Gasteiger partial charge in [0, 0.05) is 39.7 Å². The Bertz CT molecular complexity index is 2650. The summed E-state index contributed by atoms with van der Waals surface area (Å²) >= 11 is 0. The summed E-state index contributed by atoms with van der Waals surface area (Å²) in [5, 5.41) is 5.02. The molecule has 0 unspecified atom stereocenters. The van der Waals surface area contributed by atoms with Gasteiger partial charge in [-0.25, -0.2) is 14.5 Å². The lowest BCUT2D eigenvalue weighted by Crippen LogP contribution is -2.14. The van der Waals surface area contributed by atoms with Gasteiger partial charge in [0.2, 0.25) is 5.95 Å². The van der Waals surface area contributed by atoms with E-state index in [-0.39, 0.29) is 0 Å². The van der Waals surface area contributed by atoms with Gasteiger partial charge in [-0.2, -0.15) is 0 Å². The first-order valence-electron chi connectivity index (χ1n) is 16.4. The number of aromatic nitrogens is 5. The van der Waals surface area contributed by atoms with Crippen molar-refractivity contribution in [3.05, 3.63) is 170 Å². The topological polar surface area (TPSA) is 51.2 Å². The molecule has 6 nitrogen and oxygen atoms in total. The fourth-order valence-corrected chi connectivity index (χ4v) is 7.04. The second-order valence-corrected chi connectivity index (χ2v) is 12.2. The summed E-state index contributed by atoms with van der Waals surface area (Å²) in [6.07, 6.45) is 2.07. The normalized spacial score (nSPS) is 12.0. The highest BCUT2D eigenvalue weighted by atomic mass is 15.3. The molecule has 1 aliphatic rings. The Morgan fingerprint density at radius 3 is 1.86 bits per heavy atom. The number of hydrogen-bond acceptors (Lipinski definition) is 4. The van der Waals surface area contributed by atoms with E-state index in [1.54, 1.807) is 0 Å². The van der Waals surface area contributed by atoms with E-state index in [4.69, 9.17) is 15.1 Å². The smallest absolute Gasteiger partial charge is 0.220 e. The van der Waals surface area contributed by atoms with Gasteiger partial charge in [0.1, 0.15) is 0 Å². The van der Waals surface area contributed by atoms with E-state index >= 15 is 0 Å². The molecule has 0 amide bonds. The lowest BCUT2D eigenvalue weighted by atomic mass is 10.0. The monoisotopic (exact) mass is 628 g/mol. The minimum absolute atomic E-state index is 0.671. The Kier molecular flexibility index (Phi) is 6.08. The summed E-state index contributed by atoms with van der Waals surface area (Å²) < 4.78 is 4.19. The molecule has 0 N–H and O–H groups in total. The first-order valence-corrected chi connectivity index (χ1v) is 16.4. The molecule has 0 spiro atoms. The average molecular weight is 629 g/mol. The van der Waals surface area contributed by atoms with Crippen LogP contribution in [0, 0.1) is 0 Å². The molecule has 6 heteroatoms. The number of nitrogens with zero attached hydrogens (tertiary/aromatic N) is 6. The van der Waals surface area contributed by atoms with E-state index in [0.29, 0.717) is 5.82 Å². The van der Waals surface area contributed by atoms with Crippen LogP contribution in [0.25, 0.3) is 67.1 Å². The summed E-state index contributed by atoms with van der Waals surface area (Å²) in [6, 6.07) is 57.0. The second-order valence-electron chi connectivity index (χ2n) is 12.2. The van der Waals surface area contributed by atoms with Crippen molar-refractivity contribution in [1.82, 2.24) is 24.1 Å². The lowest BCUT2D eigenvalue weighted by molar-refractivity contribution is 0.968. The summed E-state index contributed by atoms with van der Waals surface area (Å²) in [4.78, 5) is 12.6. The maximum absolute atomic E-state index is 5.21. The van der Waals surface area contributed by atoms with Crippen molar-refractivity contribution in [2.75, 3.05) is 4.90 Å². The number of benzene rings is 6. The Morgan fingerprint density at radius 2 is 1.08 bits per heavy atom. The molecule has 0 saturated heterocycles. The van der Waals surface area contributed by atoms with Gasteiger partial charge in [-0.15, -0.1) is 5.10 Å². The Balaban J connectivity index is 1.12. The molecular formula is C43H28N6. The van der Waals surface area contributed by atoms with Crippen LogP contribution in [0.3, 0.4) is 0 Å². The number of para-hydroxylation sites is 4. The van der Waals surface area contributed by atoms with Crippen molar-refractivity contribution >= 4 is 34.0 Å². The fourth-order valence-electron chi connectivity index (χ4n) is 7.04. The van der Waals surface area contributed by atoms with E-state index in [0.717, 1.165) is 73.1 Å². The standard InChI is InChI=1S/C43H28N6/c1-3-13-29(14-4-1)32-27-36(30-15-5-2-6-16-30)42-45-41(46-47(42)28-32)31-23-25-33(26-24-31)48-38-20-10-7-17-34(38)35-18-8-11-21-39(35)49-40-22-12-9-19-37(40)44-43(48)49/h1-28H. The van der Waals surface area contributed by atoms with Gasteiger partial charge in [-0.1, -0.05) is 109 Å². The van der Waals surface area contributed by atoms with Crippen LogP contribution in [0.4, 0.5) is 17.3 Å². The predicted molar refractivity (Wildman–Crippen MR) is 198 cm³/mol. The van der Waals surface area contributed by atoms with E-state index in [9.17, 15) is 0 Å². The van der Waals surface area contributed by atoms with Gasteiger partial charge in [-0.3, -0.25) is 9.47 Å². The van der Waals surface area contributed by atoms with Crippen molar-refractivity contribution in [1.29, 1.82) is 0 Å². The average Bonchev–Trinajstić information content (AvgIpc) is 3.75. The number of rotatable bonds is 4. The van der Waals surface area contributed by atoms with Crippen LogP contribution in [-0.4, -0.2) is 24.1 Å². The quantitative estimate of drug-likeness (QED) is 0.195. The highest BCUT2D eigenvalue weighted by Gasteiger charge is 2.29. The van der Waals surface area contributed by atoms with Crippen LogP contribution < -0.4 is 4.90 Å². The zero-order chi connectivity index (χ0) is 32.3. The van der Waals surface area contributed by atoms with Crippen LogP contribution in [-0.2, 0) is 0 Å². The maximum atomic E-state index is 5.21. The Morgan fingerprint density at radius 1 is 0.449 bits per heavy atom. The van der Waals surface area contributed by atoms with E-state index in [2.05, 4.69) is 161 Å². The van der Waals surface area contributed by atoms with Crippen LogP contribution in [0.15, 0.2) is 170 Å².